The Morgan fingerprint density at radius 1 is 1.41 bits per heavy atom. The topological polar surface area (TPSA) is 60.5 Å². The monoisotopic (exact) mass is 319 g/mol. The Balaban J connectivity index is 2.07. The Morgan fingerprint density at radius 2 is 2.09 bits per heavy atom. The van der Waals surface area contributed by atoms with E-state index in [4.69, 9.17) is 10.2 Å². The number of hydrogen-bond acceptors (Lipinski definition) is 3. The van der Waals surface area contributed by atoms with Crippen LogP contribution >= 0.6 is 0 Å². The molecule has 0 fully saturated rings. The van der Waals surface area contributed by atoms with E-state index in [1.165, 1.54) is 0 Å². The van der Waals surface area contributed by atoms with Crippen molar-refractivity contribution in [2.45, 2.75) is 50.8 Å². The molecule has 0 spiro atoms. The second kappa shape index (κ2) is 4.56. The molecule has 5 nitrogen and oxygen atoms in total. The maximum atomic E-state index is 12.6. The third-order valence-electron chi connectivity index (χ3n) is 5.24. The van der Waals surface area contributed by atoms with Crippen molar-refractivity contribution in [1.29, 1.82) is 0 Å². The molecule has 22 heavy (non-hydrogen) atoms. The lowest BCUT2D eigenvalue weighted by Crippen LogP contribution is -2.65. The molecule has 2 atom stereocenters. The average molecular weight is 319 g/mol. The first-order valence-electron chi connectivity index (χ1n) is 7.71. The predicted molar refractivity (Wildman–Crippen MR) is 88.8 cm³/mol. The normalized spacial score (nSPS) is 28.0. The summed E-state index contributed by atoms with van der Waals surface area (Å²) < 4.78 is 8.52. The van der Waals surface area contributed by atoms with Crippen LogP contribution in [0.4, 0.5) is 0 Å². The van der Waals surface area contributed by atoms with Gasteiger partial charge >= 0.3 is 0 Å². The van der Waals surface area contributed by atoms with Gasteiger partial charge in [0.1, 0.15) is 5.69 Å². The molecule has 1 aromatic rings. The zero-order chi connectivity index (χ0) is 16.3. The quantitative estimate of drug-likeness (QED) is 0.673. The predicted octanol–water partition coefficient (Wildman–Crippen LogP) is 2.69. The van der Waals surface area contributed by atoms with Crippen molar-refractivity contribution in [3.05, 3.63) is 36.2 Å². The fourth-order valence-corrected chi connectivity index (χ4v) is 4.03. The Hall–Kier alpha value is -1.37. The molecule has 0 aliphatic carbocycles. The summed E-state index contributed by atoms with van der Waals surface area (Å²) in [6.45, 7) is 11.6. The first kappa shape index (κ1) is 15.5. The number of rotatable bonds is 2. The van der Waals surface area contributed by atoms with Gasteiger partial charge in [0.2, 0.25) is 0 Å². The van der Waals surface area contributed by atoms with Crippen LogP contribution in [-0.4, -0.2) is 35.9 Å². The SMILES string of the molecule is CC(C)(C)[Si](C)(C)O[C@@H]1n2cccc2C(=O)N2CC=C[C@@]12N. The van der Waals surface area contributed by atoms with Crippen LogP contribution in [0.25, 0.3) is 0 Å². The first-order valence-corrected chi connectivity index (χ1v) is 10.6. The number of amides is 1. The van der Waals surface area contributed by atoms with Crippen molar-refractivity contribution < 1.29 is 9.22 Å². The van der Waals surface area contributed by atoms with E-state index in [9.17, 15) is 4.79 Å². The second-order valence-corrected chi connectivity index (χ2v) is 12.5. The Bertz CT molecular complexity index is 644. The Morgan fingerprint density at radius 3 is 2.73 bits per heavy atom. The third-order valence-corrected chi connectivity index (χ3v) is 9.67. The molecule has 1 aromatic heterocycles. The summed E-state index contributed by atoms with van der Waals surface area (Å²) in [6, 6.07) is 3.71. The van der Waals surface area contributed by atoms with Gasteiger partial charge in [0.15, 0.2) is 20.2 Å². The molecule has 1 amide bonds. The van der Waals surface area contributed by atoms with Gasteiger partial charge < -0.3 is 19.6 Å². The molecule has 0 saturated heterocycles. The molecule has 3 rings (SSSR count). The highest BCUT2D eigenvalue weighted by Crippen LogP contribution is 2.44. The van der Waals surface area contributed by atoms with Crippen LogP contribution < -0.4 is 5.73 Å². The molecular weight excluding hydrogens is 294 g/mol. The minimum Gasteiger partial charge on any atom is -0.394 e. The summed E-state index contributed by atoms with van der Waals surface area (Å²) in [5.41, 5.74) is 6.36. The number of fused-ring (bicyclic) bond motifs is 2. The van der Waals surface area contributed by atoms with Gasteiger partial charge in [-0.15, -0.1) is 0 Å². The van der Waals surface area contributed by atoms with E-state index < -0.39 is 14.0 Å². The van der Waals surface area contributed by atoms with E-state index in [0.29, 0.717) is 12.2 Å². The van der Waals surface area contributed by atoms with E-state index >= 15 is 0 Å². The summed E-state index contributed by atoms with van der Waals surface area (Å²) >= 11 is 0. The van der Waals surface area contributed by atoms with Gasteiger partial charge in [-0.3, -0.25) is 4.79 Å². The standard InChI is InChI=1S/C16H25N3O2Si/c1-15(2,3)22(4,5)21-14-16(17)9-7-11-19(16)13(20)12-8-6-10-18(12)14/h6-10,14H,11,17H2,1-5H3/t14-,16-/m0/s1. The molecule has 2 aliphatic rings. The highest BCUT2D eigenvalue weighted by atomic mass is 28.4. The van der Waals surface area contributed by atoms with E-state index in [1.54, 1.807) is 4.90 Å². The van der Waals surface area contributed by atoms with Crippen molar-refractivity contribution >= 4 is 14.2 Å². The smallest absolute Gasteiger partial charge is 0.272 e. The number of nitrogens with two attached hydrogens (primary N) is 1. The van der Waals surface area contributed by atoms with Crippen LogP contribution in [0.2, 0.25) is 18.1 Å². The molecule has 0 bridgehead atoms. The van der Waals surface area contributed by atoms with Crippen LogP contribution in [0.3, 0.4) is 0 Å². The number of hydrogen-bond donors (Lipinski definition) is 1. The lowest BCUT2D eigenvalue weighted by atomic mass is 10.1. The van der Waals surface area contributed by atoms with Gasteiger partial charge in [-0.2, -0.15) is 0 Å². The van der Waals surface area contributed by atoms with Crippen molar-refractivity contribution in [2.24, 2.45) is 5.73 Å². The molecule has 2 aliphatic heterocycles. The summed E-state index contributed by atoms with van der Waals surface area (Å²) in [5, 5.41) is 0.0747. The number of carbonyl (C=O) groups excluding carboxylic acids is 1. The third kappa shape index (κ3) is 2.01. The molecule has 0 radical (unpaired) electrons. The number of carbonyl (C=O) groups is 1. The Labute approximate surface area is 132 Å². The summed E-state index contributed by atoms with van der Waals surface area (Å²) in [4.78, 5) is 14.3. The van der Waals surface area contributed by atoms with Crippen molar-refractivity contribution in [3.8, 4) is 0 Å². The molecule has 2 N–H and O–H groups in total. The fourth-order valence-electron chi connectivity index (χ4n) is 2.82. The van der Waals surface area contributed by atoms with Gasteiger partial charge in [-0.25, -0.2) is 0 Å². The average Bonchev–Trinajstić information content (AvgIpc) is 3.00. The van der Waals surface area contributed by atoms with Crippen molar-refractivity contribution in [2.75, 3.05) is 6.54 Å². The molecule has 6 heteroatoms. The fraction of sp³-hybridized carbons (Fsp3) is 0.562. The summed E-state index contributed by atoms with van der Waals surface area (Å²) in [7, 11) is -2.04. The van der Waals surface area contributed by atoms with Gasteiger partial charge in [-0.05, 0) is 36.3 Å². The van der Waals surface area contributed by atoms with Crippen LogP contribution in [0.1, 0.15) is 37.5 Å². The summed E-state index contributed by atoms with van der Waals surface area (Å²) in [5.74, 6) is -0.0346. The van der Waals surface area contributed by atoms with Crippen LogP contribution in [0.5, 0.6) is 0 Å². The molecular formula is C16H25N3O2Si. The van der Waals surface area contributed by atoms with E-state index in [0.717, 1.165) is 0 Å². The Kier molecular flexibility index (Phi) is 3.22. The molecule has 3 heterocycles. The largest absolute Gasteiger partial charge is 0.394 e. The van der Waals surface area contributed by atoms with E-state index in [1.807, 2.05) is 35.0 Å². The highest BCUT2D eigenvalue weighted by Gasteiger charge is 2.53. The van der Waals surface area contributed by atoms with Crippen LogP contribution in [-0.2, 0) is 4.43 Å². The number of aromatic nitrogens is 1. The van der Waals surface area contributed by atoms with Crippen molar-refractivity contribution in [3.63, 3.8) is 0 Å². The van der Waals surface area contributed by atoms with Gasteiger partial charge in [0.05, 0.1) is 0 Å². The van der Waals surface area contributed by atoms with E-state index in [-0.39, 0.29) is 17.2 Å². The van der Waals surface area contributed by atoms with Crippen LogP contribution in [0, 0.1) is 0 Å². The molecule has 0 saturated carbocycles. The van der Waals surface area contributed by atoms with Crippen LogP contribution in [0.15, 0.2) is 30.5 Å². The van der Waals surface area contributed by atoms with E-state index in [2.05, 4.69) is 33.9 Å². The molecule has 0 unspecified atom stereocenters. The second-order valence-electron chi connectivity index (χ2n) is 7.74. The number of nitrogens with zero attached hydrogens (tertiary/aromatic N) is 2. The molecule has 0 aromatic carbocycles. The van der Waals surface area contributed by atoms with Gasteiger partial charge in [0, 0.05) is 12.7 Å². The van der Waals surface area contributed by atoms with Crippen molar-refractivity contribution in [1.82, 2.24) is 9.47 Å². The first-order chi connectivity index (χ1) is 10.1. The zero-order valence-electron chi connectivity index (χ0n) is 14.0. The zero-order valence-corrected chi connectivity index (χ0v) is 15.0. The lowest BCUT2D eigenvalue weighted by molar-refractivity contribution is -0.0302. The highest BCUT2D eigenvalue weighted by molar-refractivity contribution is 6.74. The maximum absolute atomic E-state index is 12.6. The lowest BCUT2D eigenvalue weighted by Gasteiger charge is -2.49. The maximum Gasteiger partial charge on any atom is 0.272 e. The van der Waals surface area contributed by atoms with Gasteiger partial charge in [0.25, 0.3) is 5.91 Å². The minimum atomic E-state index is -2.04. The van der Waals surface area contributed by atoms with Gasteiger partial charge in [-0.1, -0.05) is 26.8 Å². The molecule has 120 valence electrons. The minimum absolute atomic E-state index is 0.0346. The summed E-state index contributed by atoms with van der Waals surface area (Å²) in [6.07, 6.45) is 5.37.